The van der Waals surface area contributed by atoms with Crippen molar-refractivity contribution in [1.29, 1.82) is 0 Å². The third-order valence-electron chi connectivity index (χ3n) is 4.90. The van der Waals surface area contributed by atoms with Gasteiger partial charge in [0.15, 0.2) is 5.78 Å². The first-order valence-electron chi connectivity index (χ1n) is 8.14. The molecule has 0 amide bonds. The van der Waals surface area contributed by atoms with Gasteiger partial charge in [0.1, 0.15) is 5.75 Å². The molecule has 1 aliphatic carbocycles. The molecule has 1 aliphatic heterocycles. The number of nitrogens with one attached hydrogen (secondary N) is 1. The van der Waals surface area contributed by atoms with Crippen molar-refractivity contribution in [2.24, 2.45) is 5.41 Å². The Bertz CT molecular complexity index is 859. The molecule has 2 N–H and O–H groups in total. The zero-order valence-electron chi connectivity index (χ0n) is 14.0. The van der Waals surface area contributed by atoms with Crippen molar-refractivity contribution >= 4 is 11.7 Å². The predicted molar refractivity (Wildman–Crippen MR) is 89.9 cm³/mol. The third kappa shape index (κ3) is 2.23. The third-order valence-corrected chi connectivity index (χ3v) is 4.90. The second-order valence-corrected chi connectivity index (χ2v) is 7.49. The number of ketones is 1. The Hall–Kier alpha value is -2.56. The van der Waals surface area contributed by atoms with Gasteiger partial charge in [-0.05, 0) is 36.5 Å². The second kappa shape index (κ2) is 4.97. The number of Topliss-reactive ketones (excluding diaryl/α,β-unsaturated/α-hetero) is 1. The van der Waals surface area contributed by atoms with Crippen LogP contribution in [-0.4, -0.2) is 16.0 Å². The minimum absolute atomic E-state index is 0.0744. The van der Waals surface area contributed by atoms with Crippen molar-refractivity contribution in [1.82, 2.24) is 5.16 Å². The van der Waals surface area contributed by atoms with Crippen molar-refractivity contribution in [2.45, 2.75) is 39.5 Å². The van der Waals surface area contributed by atoms with Gasteiger partial charge in [-0.3, -0.25) is 4.79 Å². The summed E-state index contributed by atoms with van der Waals surface area (Å²) in [4.78, 5) is 12.9. The molecule has 0 radical (unpaired) electrons. The van der Waals surface area contributed by atoms with E-state index in [1.807, 2.05) is 19.1 Å². The van der Waals surface area contributed by atoms with Crippen LogP contribution in [0.1, 0.15) is 49.4 Å². The standard InChI is InChI=1S/C19H20N2O3/c1-10-15-16(11-4-6-12(22)7-5-11)17-13(20-18(15)24-21-10)8-19(2,3)9-14(17)23/h4-7,16,20,22H,8-9H2,1-3H3/t16-/m0/s1. The van der Waals surface area contributed by atoms with Gasteiger partial charge in [-0.2, -0.15) is 0 Å². The number of phenols is 1. The number of anilines is 1. The number of fused-ring (bicyclic) bond motifs is 1. The van der Waals surface area contributed by atoms with E-state index < -0.39 is 0 Å². The molecule has 1 aromatic heterocycles. The maximum absolute atomic E-state index is 12.9. The Labute approximate surface area is 140 Å². The number of carbonyl (C=O) groups is 1. The smallest absolute Gasteiger partial charge is 0.233 e. The van der Waals surface area contributed by atoms with E-state index in [4.69, 9.17) is 4.52 Å². The maximum atomic E-state index is 12.9. The normalized spacial score (nSPS) is 22.0. The Kier molecular flexibility index (Phi) is 3.10. The quantitative estimate of drug-likeness (QED) is 0.832. The summed E-state index contributed by atoms with van der Waals surface area (Å²) >= 11 is 0. The molecule has 0 unspecified atom stereocenters. The molecule has 24 heavy (non-hydrogen) atoms. The molecule has 2 heterocycles. The van der Waals surface area contributed by atoms with Crippen LogP contribution in [0.25, 0.3) is 0 Å². The van der Waals surface area contributed by atoms with Gasteiger partial charge in [0, 0.05) is 23.6 Å². The molecule has 2 aromatic rings. The van der Waals surface area contributed by atoms with Crippen molar-refractivity contribution in [2.75, 3.05) is 5.32 Å². The van der Waals surface area contributed by atoms with E-state index in [9.17, 15) is 9.90 Å². The number of phenolic OH excluding ortho intramolecular Hbond substituents is 1. The number of carbonyl (C=O) groups excluding carboxylic acids is 1. The molecular weight excluding hydrogens is 304 g/mol. The van der Waals surface area contributed by atoms with Crippen LogP contribution in [-0.2, 0) is 4.79 Å². The largest absolute Gasteiger partial charge is 0.508 e. The van der Waals surface area contributed by atoms with Crippen LogP contribution >= 0.6 is 0 Å². The van der Waals surface area contributed by atoms with Crippen LogP contribution in [0.3, 0.4) is 0 Å². The Balaban J connectivity index is 1.93. The van der Waals surface area contributed by atoms with Crippen LogP contribution in [0.5, 0.6) is 5.75 Å². The molecule has 4 rings (SSSR count). The Morgan fingerprint density at radius 3 is 2.67 bits per heavy atom. The summed E-state index contributed by atoms with van der Waals surface area (Å²) in [6.45, 7) is 6.10. The zero-order valence-corrected chi connectivity index (χ0v) is 14.0. The lowest BCUT2D eigenvalue weighted by Gasteiger charge is -2.37. The van der Waals surface area contributed by atoms with E-state index in [2.05, 4.69) is 24.3 Å². The van der Waals surface area contributed by atoms with Crippen molar-refractivity contribution in [3.8, 4) is 5.75 Å². The van der Waals surface area contributed by atoms with Gasteiger partial charge in [-0.1, -0.05) is 31.1 Å². The van der Waals surface area contributed by atoms with E-state index in [-0.39, 0.29) is 22.9 Å². The fourth-order valence-electron chi connectivity index (χ4n) is 3.87. The number of rotatable bonds is 1. The highest BCUT2D eigenvalue weighted by molar-refractivity contribution is 6.01. The highest BCUT2D eigenvalue weighted by Gasteiger charge is 2.42. The Morgan fingerprint density at radius 1 is 1.25 bits per heavy atom. The average molecular weight is 324 g/mol. The zero-order chi connectivity index (χ0) is 17.1. The van der Waals surface area contributed by atoms with Gasteiger partial charge in [0.05, 0.1) is 11.3 Å². The number of hydrogen-bond acceptors (Lipinski definition) is 5. The van der Waals surface area contributed by atoms with Crippen LogP contribution in [0.2, 0.25) is 0 Å². The molecule has 0 bridgehead atoms. The summed E-state index contributed by atoms with van der Waals surface area (Å²) in [6.07, 6.45) is 1.32. The van der Waals surface area contributed by atoms with E-state index >= 15 is 0 Å². The highest BCUT2D eigenvalue weighted by Crippen LogP contribution is 2.49. The van der Waals surface area contributed by atoms with Gasteiger partial charge >= 0.3 is 0 Å². The second-order valence-electron chi connectivity index (χ2n) is 7.49. The molecule has 0 saturated carbocycles. The maximum Gasteiger partial charge on any atom is 0.233 e. The van der Waals surface area contributed by atoms with Crippen LogP contribution in [0.4, 0.5) is 5.88 Å². The number of hydrogen-bond donors (Lipinski definition) is 2. The van der Waals surface area contributed by atoms with E-state index in [0.717, 1.165) is 34.5 Å². The number of benzene rings is 1. The first-order chi connectivity index (χ1) is 11.4. The fourth-order valence-corrected chi connectivity index (χ4v) is 3.87. The minimum atomic E-state index is -0.202. The molecule has 2 aliphatic rings. The van der Waals surface area contributed by atoms with Crippen LogP contribution in [0, 0.1) is 12.3 Å². The lowest BCUT2D eigenvalue weighted by atomic mass is 9.69. The van der Waals surface area contributed by atoms with Gasteiger partial charge in [0.2, 0.25) is 5.88 Å². The predicted octanol–water partition coefficient (Wildman–Crippen LogP) is 3.89. The number of aryl methyl sites for hydroxylation is 1. The number of allylic oxidation sites excluding steroid dienone is 2. The monoisotopic (exact) mass is 324 g/mol. The summed E-state index contributed by atoms with van der Waals surface area (Å²) in [5.74, 6) is 0.792. The molecule has 0 spiro atoms. The number of nitrogens with zero attached hydrogens (tertiary/aromatic N) is 1. The van der Waals surface area contributed by atoms with Gasteiger partial charge in [0.25, 0.3) is 0 Å². The first kappa shape index (κ1) is 15.0. The lowest BCUT2D eigenvalue weighted by molar-refractivity contribution is -0.118. The number of aromatic hydroxyl groups is 1. The topological polar surface area (TPSA) is 75.4 Å². The van der Waals surface area contributed by atoms with E-state index in [1.165, 1.54) is 0 Å². The lowest BCUT2D eigenvalue weighted by Crippen LogP contribution is -2.33. The van der Waals surface area contributed by atoms with E-state index in [0.29, 0.717) is 12.3 Å². The van der Waals surface area contributed by atoms with E-state index in [1.54, 1.807) is 12.1 Å². The molecule has 1 aromatic carbocycles. The Morgan fingerprint density at radius 2 is 1.96 bits per heavy atom. The van der Waals surface area contributed by atoms with Crippen molar-refractivity contribution in [3.05, 3.63) is 52.4 Å². The summed E-state index contributed by atoms with van der Waals surface area (Å²) < 4.78 is 5.46. The van der Waals surface area contributed by atoms with Crippen molar-refractivity contribution < 1.29 is 14.4 Å². The molecule has 124 valence electrons. The molecule has 0 fully saturated rings. The summed E-state index contributed by atoms with van der Waals surface area (Å²) in [7, 11) is 0. The van der Waals surface area contributed by atoms with Crippen molar-refractivity contribution in [3.63, 3.8) is 0 Å². The van der Waals surface area contributed by atoms with Gasteiger partial charge in [-0.25, -0.2) is 0 Å². The highest BCUT2D eigenvalue weighted by atomic mass is 16.5. The van der Waals surface area contributed by atoms with Gasteiger partial charge < -0.3 is 14.9 Å². The SMILES string of the molecule is Cc1noc2c1[C@H](c1ccc(O)cc1)C1=C(CC(C)(C)CC1=O)N2. The average Bonchev–Trinajstić information content (AvgIpc) is 2.86. The fraction of sp³-hybridized carbons (Fsp3) is 0.368. The molecule has 0 saturated heterocycles. The number of aromatic nitrogens is 1. The molecular formula is C19H20N2O3. The molecule has 1 atom stereocenters. The summed E-state index contributed by atoms with van der Waals surface area (Å²) in [5, 5.41) is 17.0. The molecule has 5 nitrogen and oxygen atoms in total. The molecule has 5 heteroatoms. The first-order valence-corrected chi connectivity index (χ1v) is 8.14. The van der Waals surface area contributed by atoms with Crippen LogP contribution < -0.4 is 5.32 Å². The summed E-state index contributed by atoms with van der Waals surface area (Å²) in [6, 6.07) is 7.02. The van der Waals surface area contributed by atoms with Crippen LogP contribution in [0.15, 0.2) is 40.1 Å². The van der Waals surface area contributed by atoms with Gasteiger partial charge in [-0.15, -0.1) is 0 Å². The summed E-state index contributed by atoms with van der Waals surface area (Å²) in [5.41, 5.74) is 4.31. The minimum Gasteiger partial charge on any atom is -0.508 e.